The van der Waals surface area contributed by atoms with Crippen LogP contribution in [0.1, 0.15) is 6.04 Å². The van der Waals surface area contributed by atoms with Gasteiger partial charge in [-0.3, -0.25) is 4.68 Å². The van der Waals surface area contributed by atoms with Gasteiger partial charge in [-0.25, -0.2) is 0 Å². The quantitative estimate of drug-likeness (QED) is 0.800. The van der Waals surface area contributed by atoms with Gasteiger partial charge in [0.05, 0.1) is 11.7 Å². The highest BCUT2D eigenvalue weighted by atomic mass is 16.5. The van der Waals surface area contributed by atoms with Crippen LogP contribution in [0.4, 0.5) is 0 Å². The Labute approximate surface area is 129 Å². The molecule has 1 N–H and O–H groups in total. The van der Waals surface area contributed by atoms with Crippen LogP contribution in [-0.4, -0.2) is 22.9 Å². The molecule has 1 fully saturated rings. The van der Waals surface area contributed by atoms with Crippen molar-refractivity contribution in [2.24, 2.45) is 0 Å². The maximum Gasteiger partial charge on any atom is 0.127 e. The number of ether oxygens (including phenoxy) is 1. The SMILES string of the molecule is c1ccc(Oc2ccc(-c3ccn(C4CNC4)n3)cc2)cc1. The summed E-state index contributed by atoms with van der Waals surface area (Å²) in [4.78, 5) is 0. The molecule has 0 atom stereocenters. The lowest BCUT2D eigenvalue weighted by atomic mass is 10.1. The van der Waals surface area contributed by atoms with E-state index in [0.717, 1.165) is 35.8 Å². The van der Waals surface area contributed by atoms with Crippen molar-refractivity contribution in [2.75, 3.05) is 13.1 Å². The van der Waals surface area contributed by atoms with E-state index in [1.165, 1.54) is 0 Å². The summed E-state index contributed by atoms with van der Waals surface area (Å²) in [5, 5.41) is 7.91. The Balaban J connectivity index is 1.50. The Bertz CT molecular complexity index is 746. The van der Waals surface area contributed by atoms with Crippen LogP contribution >= 0.6 is 0 Å². The average molecular weight is 291 g/mol. The van der Waals surface area contributed by atoms with Gasteiger partial charge in [0.15, 0.2) is 0 Å². The Kier molecular flexibility index (Phi) is 3.37. The fraction of sp³-hybridized carbons (Fsp3) is 0.167. The Hall–Kier alpha value is -2.59. The van der Waals surface area contributed by atoms with Gasteiger partial charge in [0.25, 0.3) is 0 Å². The molecule has 0 aliphatic carbocycles. The molecule has 4 nitrogen and oxygen atoms in total. The van der Waals surface area contributed by atoms with Crippen molar-refractivity contribution >= 4 is 0 Å². The molecule has 0 saturated carbocycles. The van der Waals surface area contributed by atoms with Crippen molar-refractivity contribution in [3.8, 4) is 22.8 Å². The van der Waals surface area contributed by atoms with Gasteiger partial charge in [-0.1, -0.05) is 18.2 Å². The molecule has 110 valence electrons. The number of hydrogen-bond acceptors (Lipinski definition) is 3. The third-order valence-corrected chi connectivity index (χ3v) is 3.87. The van der Waals surface area contributed by atoms with Crippen LogP contribution in [-0.2, 0) is 0 Å². The summed E-state index contributed by atoms with van der Waals surface area (Å²) in [6, 6.07) is 20.4. The van der Waals surface area contributed by atoms with E-state index in [0.29, 0.717) is 6.04 Å². The lowest BCUT2D eigenvalue weighted by Crippen LogP contribution is -2.43. The second-order valence-corrected chi connectivity index (χ2v) is 5.43. The van der Waals surface area contributed by atoms with Crippen LogP contribution in [0.2, 0.25) is 0 Å². The van der Waals surface area contributed by atoms with E-state index in [1.54, 1.807) is 0 Å². The fourth-order valence-electron chi connectivity index (χ4n) is 2.47. The third-order valence-electron chi connectivity index (χ3n) is 3.87. The number of para-hydroxylation sites is 1. The first-order valence-electron chi connectivity index (χ1n) is 7.48. The van der Waals surface area contributed by atoms with Crippen molar-refractivity contribution in [1.82, 2.24) is 15.1 Å². The molecule has 1 saturated heterocycles. The molecule has 0 spiro atoms. The zero-order chi connectivity index (χ0) is 14.8. The summed E-state index contributed by atoms with van der Waals surface area (Å²) < 4.78 is 7.85. The average Bonchev–Trinajstić information content (AvgIpc) is 2.97. The summed E-state index contributed by atoms with van der Waals surface area (Å²) in [6.45, 7) is 2.01. The Morgan fingerprint density at radius 3 is 2.32 bits per heavy atom. The summed E-state index contributed by atoms with van der Waals surface area (Å²) in [5.74, 6) is 1.68. The van der Waals surface area contributed by atoms with Crippen molar-refractivity contribution in [1.29, 1.82) is 0 Å². The molecular formula is C18H17N3O. The third kappa shape index (κ3) is 2.61. The maximum atomic E-state index is 5.81. The van der Waals surface area contributed by atoms with Crippen LogP contribution in [0.25, 0.3) is 11.3 Å². The lowest BCUT2D eigenvalue weighted by molar-refractivity contribution is 0.318. The minimum atomic E-state index is 0.495. The molecule has 0 amide bonds. The van der Waals surface area contributed by atoms with E-state index in [4.69, 9.17) is 4.74 Å². The minimum absolute atomic E-state index is 0.495. The summed E-state index contributed by atoms with van der Waals surface area (Å²) in [5.41, 5.74) is 2.10. The first kappa shape index (κ1) is 13.1. The van der Waals surface area contributed by atoms with Crippen molar-refractivity contribution < 1.29 is 4.74 Å². The van der Waals surface area contributed by atoms with Gasteiger partial charge in [0.1, 0.15) is 11.5 Å². The van der Waals surface area contributed by atoms with Gasteiger partial charge in [0.2, 0.25) is 0 Å². The van der Waals surface area contributed by atoms with Gasteiger partial charge < -0.3 is 10.1 Å². The highest BCUT2D eigenvalue weighted by molar-refractivity contribution is 5.59. The van der Waals surface area contributed by atoms with Crippen molar-refractivity contribution in [3.05, 3.63) is 66.9 Å². The zero-order valence-corrected chi connectivity index (χ0v) is 12.1. The Morgan fingerprint density at radius 1 is 0.909 bits per heavy atom. The smallest absolute Gasteiger partial charge is 0.127 e. The largest absolute Gasteiger partial charge is 0.457 e. The van der Waals surface area contributed by atoms with Gasteiger partial charge in [-0.05, 0) is 42.5 Å². The molecular weight excluding hydrogens is 274 g/mol. The first-order chi connectivity index (χ1) is 10.9. The first-order valence-corrected chi connectivity index (χ1v) is 7.48. The van der Waals surface area contributed by atoms with Crippen LogP contribution in [0.3, 0.4) is 0 Å². The molecule has 1 aliphatic heterocycles. The van der Waals surface area contributed by atoms with Crippen LogP contribution < -0.4 is 10.1 Å². The van der Waals surface area contributed by atoms with Crippen molar-refractivity contribution in [3.63, 3.8) is 0 Å². The summed E-state index contributed by atoms with van der Waals surface area (Å²) >= 11 is 0. The van der Waals surface area contributed by atoms with Crippen LogP contribution in [0.15, 0.2) is 66.9 Å². The highest BCUT2D eigenvalue weighted by Crippen LogP contribution is 2.25. The van der Waals surface area contributed by atoms with Crippen molar-refractivity contribution in [2.45, 2.75) is 6.04 Å². The van der Waals surface area contributed by atoms with Gasteiger partial charge in [-0.2, -0.15) is 5.10 Å². The van der Waals surface area contributed by atoms with Crippen LogP contribution in [0, 0.1) is 0 Å². The van der Waals surface area contributed by atoms with Gasteiger partial charge in [-0.15, -0.1) is 0 Å². The minimum Gasteiger partial charge on any atom is -0.457 e. The van der Waals surface area contributed by atoms with Crippen LogP contribution in [0.5, 0.6) is 11.5 Å². The topological polar surface area (TPSA) is 39.1 Å². The molecule has 0 unspecified atom stereocenters. The van der Waals surface area contributed by atoms with Gasteiger partial charge >= 0.3 is 0 Å². The summed E-state index contributed by atoms with van der Waals surface area (Å²) in [7, 11) is 0. The predicted octanol–water partition coefficient (Wildman–Crippen LogP) is 3.49. The number of rotatable bonds is 4. The number of aromatic nitrogens is 2. The maximum absolute atomic E-state index is 5.81. The van der Waals surface area contributed by atoms with Gasteiger partial charge in [0, 0.05) is 24.8 Å². The number of nitrogens with one attached hydrogen (secondary N) is 1. The zero-order valence-electron chi connectivity index (χ0n) is 12.1. The molecule has 4 rings (SSSR count). The second kappa shape index (κ2) is 5.66. The Morgan fingerprint density at radius 2 is 1.64 bits per heavy atom. The van der Waals surface area contributed by atoms with E-state index < -0.39 is 0 Å². The standard InChI is InChI=1S/C18H17N3O/c1-2-4-16(5-3-1)22-17-8-6-14(7-9-17)18-10-11-21(20-18)15-12-19-13-15/h1-11,15,19H,12-13H2. The molecule has 1 aromatic heterocycles. The van der Waals surface area contributed by atoms with E-state index in [-0.39, 0.29) is 0 Å². The van der Waals surface area contributed by atoms with E-state index in [2.05, 4.69) is 22.7 Å². The molecule has 0 radical (unpaired) electrons. The predicted molar refractivity (Wildman–Crippen MR) is 86.1 cm³/mol. The normalized spacial score (nSPS) is 14.5. The van der Waals surface area contributed by atoms with E-state index >= 15 is 0 Å². The summed E-state index contributed by atoms with van der Waals surface area (Å²) in [6.07, 6.45) is 2.05. The molecule has 3 aromatic rings. The molecule has 4 heteroatoms. The number of nitrogens with zero attached hydrogens (tertiary/aromatic N) is 2. The second-order valence-electron chi connectivity index (χ2n) is 5.43. The number of hydrogen-bond donors (Lipinski definition) is 1. The highest BCUT2D eigenvalue weighted by Gasteiger charge is 2.19. The van der Waals surface area contributed by atoms with E-state index in [9.17, 15) is 0 Å². The molecule has 2 aromatic carbocycles. The monoisotopic (exact) mass is 291 g/mol. The molecule has 22 heavy (non-hydrogen) atoms. The fourth-order valence-corrected chi connectivity index (χ4v) is 2.47. The van der Waals surface area contributed by atoms with E-state index in [1.807, 2.05) is 59.3 Å². The molecule has 1 aliphatic rings. The molecule has 0 bridgehead atoms. The number of benzene rings is 2. The lowest BCUT2D eigenvalue weighted by Gasteiger charge is -2.27. The molecule has 2 heterocycles.